The van der Waals surface area contributed by atoms with Crippen molar-refractivity contribution in [2.45, 2.75) is 26.2 Å². The van der Waals surface area contributed by atoms with Gasteiger partial charge in [0.2, 0.25) is 0 Å². The van der Waals surface area contributed by atoms with Crippen LogP contribution in [0.4, 0.5) is 10.7 Å². The first-order valence-corrected chi connectivity index (χ1v) is 11.0. The Kier molecular flexibility index (Phi) is 5.61. The smallest absolute Gasteiger partial charge is 0.256 e. The lowest BCUT2D eigenvalue weighted by atomic mass is 9.87. The molecule has 4 rings (SSSR count). The summed E-state index contributed by atoms with van der Waals surface area (Å²) in [6, 6.07) is 13.1. The van der Waals surface area contributed by atoms with Gasteiger partial charge in [0.05, 0.1) is 29.2 Å². The predicted molar refractivity (Wildman–Crippen MR) is 124 cm³/mol. The lowest BCUT2D eigenvalue weighted by Gasteiger charge is -2.29. The molecule has 0 aliphatic carbocycles. The number of morpholine rings is 1. The van der Waals surface area contributed by atoms with Gasteiger partial charge in [-0.25, -0.2) is 0 Å². The highest BCUT2D eigenvalue weighted by molar-refractivity contribution is 7.24. The van der Waals surface area contributed by atoms with Gasteiger partial charge in [0, 0.05) is 24.0 Å². The number of aromatic hydroxyl groups is 1. The summed E-state index contributed by atoms with van der Waals surface area (Å²) in [6.07, 6.45) is 0. The number of fused-ring (bicyclic) bond motifs is 1. The topological polar surface area (TPSA) is 85.6 Å². The van der Waals surface area contributed by atoms with E-state index in [1.807, 2.05) is 12.1 Å². The van der Waals surface area contributed by atoms with E-state index in [2.05, 4.69) is 37.1 Å². The van der Waals surface area contributed by atoms with Gasteiger partial charge in [-0.2, -0.15) is 5.26 Å². The van der Waals surface area contributed by atoms with Gasteiger partial charge in [-0.05, 0) is 35.2 Å². The van der Waals surface area contributed by atoms with Gasteiger partial charge < -0.3 is 20.1 Å². The number of hydrogen-bond acceptors (Lipinski definition) is 6. The van der Waals surface area contributed by atoms with E-state index in [9.17, 15) is 15.2 Å². The van der Waals surface area contributed by atoms with E-state index in [1.54, 1.807) is 24.3 Å². The average molecular weight is 436 g/mol. The van der Waals surface area contributed by atoms with Crippen LogP contribution < -0.4 is 10.2 Å². The fraction of sp³-hybridized carbons (Fsp3) is 0.333. The van der Waals surface area contributed by atoms with Crippen molar-refractivity contribution in [2.24, 2.45) is 0 Å². The zero-order chi connectivity index (χ0) is 22.2. The predicted octanol–water partition coefficient (Wildman–Crippen LogP) is 4.86. The number of nitriles is 1. The van der Waals surface area contributed by atoms with Crippen LogP contribution in [0, 0.1) is 11.3 Å². The SMILES string of the molecule is CC(C)(C)c1ccc(C(=O)Nc2sc3c(N4CCOCC4)c(O)ccc3c2C#N)cc1. The van der Waals surface area contributed by atoms with E-state index in [0.29, 0.717) is 48.1 Å². The minimum absolute atomic E-state index is 0.00630. The minimum Gasteiger partial charge on any atom is -0.506 e. The molecule has 1 fully saturated rings. The highest BCUT2D eigenvalue weighted by atomic mass is 32.1. The van der Waals surface area contributed by atoms with Crippen molar-refractivity contribution in [2.75, 3.05) is 36.5 Å². The zero-order valence-electron chi connectivity index (χ0n) is 17.9. The maximum absolute atomic E-state index is 12.9. The Balaban J connectivity index is 1.69. The summed E-state index contributed by atoms with van der Waals surface area (Å²) in [5.74, 6) is -0.101. The van der Waals surface area contributed by atoms with Crippen molar-refractivity contribution in [3.8, 4) is 11.8 Å². The summed E-state index contributed by atoms with van der Waals surface area (Å²) >= 11 is 1.32. The standard InChI is InChI=1S/C24H25N3O3S/c1-24(2,3)16-6-4-15(5-7-16)22(29)26-23-18(14-25)17-8-9-19(28)20(21(17)31-23)27-10-12-30-13-11-27/h4-9,28H,10-13H2,1-3H3,(H,26,29). The van der Waals surface area contributed by atoms with Crippen molar-refractivity contribution < 1.29 is 14.6 Å². The first-order valence-electron chi connectivity index (χ1n) is 10.2. The molecule has 160 valence electrons. The molecule has 0 saturated carbocycles. The molecule has 0 atom stereocenters. The number of amides is 1. The van der Waals surface area contributed by atoms with Crippen molar-refractivity contribution >= 4 is 38.0 Å². The molecule has 0 unspecified atom stereocenters. The molecule has 7 heteroatoms. The van der Waals surface area contributed by atoms with Crippen molar-refractivity contribution in [1.82, 2.24) is 0 Å². The molecule has 1 saturated heterocycles. The number of hydrogen-bond donors (Lipinski definition) is 2. The molecule has 1 amide bonds. The quantitative estimate of drug-likeness (QED) is 0.613. The van der Waals surface area contributed by atoms with Crippen molar-refractivity contribution in [3.05, 3.63) is 53.1 Å². The average Bonchev–Trinajstić information content (AvgIpc) is 3.10. The first-order chi connectivity index (χ1) is 14.8. The van der Waals surface area contributed by atoms with Crippen LogP contribution in [0.1, 0.15) is 42.3 Å². The van der Waals surface area contributed by atoms with Crippen LogP contribution >= 0.6 is 11.3 Å². The highest BCUT2D eigenvalue weighted by Crippen LogP contribution is 2.45. The third-order valence-corrected chi connectivity index (χ3v) is 6.62. The number of carbonyl (C=O) groups is 1. The van der Waals surface area contributed by atoms with Gasteiger partial charge in [-0.1, -0.05) is 32.9 Å². The largest absolute Gasteiger partial charge is 0.506 e. The molecule has 2 heterocycles. The molecule has 1 aliphatic rings. The maximum Gasteiger partial charge on any atom is 0.256 e. The zero-order valence-corrected chi connectivity index (χ0v) is 18.7. The molecule has 2 aromatic carbocycles. The number of anilines is 2. The van der Waals surface area contributed by atoms with Gasteiger partial charge in [0.1, 0.15) is 16.8 Å². The number of benzene rings is 2. The van der Waals surface area contributed by atoms with Crippen LogP contribution in [0.5, 0.6) is 5.75 Å². The first kappa shape index (κ1) is 21.2. The van der Waals surface area contributed by atoms with Gasteiger partial charge >= 0.3 is 0 Å². The Morgan fingerprint density at radius 3 is 2.45 bits per heavy atom. The Hall–Kier alpha value is -3.08. The van der Waals surface area contributed by atoms with Crippen LogP contribution in [-0.4, -0.2) is 37.3 Å². The number of nitrogens with one attached hydrogen (secondary N) is 1. The minimum atomic E-state index is -0.263. The number of rotatable bonds is 3. The molecule has 0 bridgehead atoms. The number of ether oxygens (including phenoxy) is 1. The number of phenols is 1. The van der Waals surface area contributed by atoms with Gasteiger partial charge in [-0.3, -0.25) is 4.79 Å². The second kappa shape index (κ2) is 8.22. The number of nitrogens with zero attached hydrogens (tertiary/aromatic N) is 2. The van der Waals surface area contributed by atoms with E-state index in [1.165, 1.54) is 11.3 Å². The van der Waals surface area contributed by atoms with Crippen LogP contribution in [0.3, 0.4) is 0 Å². The fourth-order valence-electron chi connectivity index (χ4n) is 3.72. The van der Waals surface area contributed by atoms with Crippen LogP contribution in [-0.2, 0) is 10.2 Å². The summed E-state index contributed by atoms with van der Waals surface area (Å²) in [7, 11) is 0. The Bertz CT molecular complexity index is 1160. The molecule has 2 N–H and O–H groups in total. The molecule has 1 aromatic heterocycles. The molecule has 6 nitrogen and oxygen atoms in total. The maximum atomic E-state index is 12.9. The fourth-order valence-corrected chi connectivity index (χ4v) is 4.94. The molecule has 31 heavy (non-hydrogen) atoms. The Morgan fingerprint density at radius 1 is 1.16 bits per heavy atom. The van der Waals surface area contributed by atoms with E-state index in [-0.39, 0.29) is 17.1 Å². The van der Waals surface area contributed by atoms with E-state index >= 15 is 0 Å². The van der Waals surface area contributed by atoms with Crippen molar-refractivity contribution in [1.29, 1.82) is 5.26 Å². The molecular weight excluding hydrogens is 410 g/mol. The lowest BCUT2D eigenvalue weighted by Crippen LogP contribution is -2.36. The van der Waals surface area contributed by atoms with Gasteiger partial charge in [0.25, 0.3) is 5.91 Å². The second-order valence-electron chi connectivity index (χ2n) is 8.61. The van der Waals surface area contributed by atoms with Crippen LogP contribution in [0.25, 0.3) is 10.1 Å². The normalized spacial score (nSPS) is 14.5. The van der Waals surface area contributed by atoms with E-state index in [0.717, 1.165) is 15.6 Å². The van der Waals surface area contributed by atoms with E-state index < -0.39 is 0 Å². The Morgan fingerprint density at radius 2 is 1.84 bits per heavy atom. The summed E-state index contributed by atoms with van der Waals surface area (Å²) in [6.45, 7) is 8.86. The monoisotopic (exact) mass is 435 g/mol. The molecule has 1 aliphatic heterocycles. The number of carbonyl (C=O) groups excluding carboxylic acids is 1. The number of thiophene rings is 1. The summed E-state index contributed by atoms with van der Waals surface area (Å²) < 4.78 is 6.21. The van der Waals surface area contributed by atoms with Crippen molar-refractivity contribution in [3.63, 3.8) is 0 Å². The van der Waals surface area contributed by atoms with Crippen LogP contribution in [0.15, 0.2) is 36.4 Å². The second-order valence-corrected chi connectivity index (χ2v) is 9.63. The number of phenolic OH excluding ortho intramolecular Hbond substituents is 1. The van der Waals surface area contributed by atoms with E-state index in [4.69, 9.17) is 4.74 Å². The molecule has 0 spiro atoms. The summed E-state index contributed by atoms with van der Waals surface area (Å²) in [5.41, 5.74) is 2.79. The summed E-state index contributed by atoms with van der Waals surface area (Å²) in [5, 5.41) is 24.5. The van der Waals surface area contributed by atoms with Gasteiger partial charge in [-0.15, -0.1) is 11.3 Å². The Labute approximate surface area is 185 Å². The third kappa shape index (κ3) is 4.09. The summed E-state index contributed by atoms with van der Waals surface area (Å²) in [4.78, 5) is 14.9. The van der Waals surface area contributed by atoms with Gasteiger partial charge in [0.15, 0.2) is 0 Å². The molecule has 3 aromatic rings. The van der Waals surface area contributed by atoms with Crippen LogP contribution in [0.2, 0.25) is 0 Å². The third-order valence-electron chi connectivity index (χ3n) is 5.49. The molecular formula is C24H25N3O3S. The lowest BCUT2D eigenvalue weighted by molar-refractivity contribution is 0.102. The highest BCUT2D eigenvalue weighted by Gasteiger charge is 2.23. The molecule has 0 radical (unpaired) electrons.